The molecule has 1 aromatic heterocycles. The predicted molar refractivity (Wildman–Crippen MR) is 88.8 cm³/mol. The summed E-state index contributed by atoms with van der Waals surface area (Å²) in [7, 11) is 0. The average molecular weight is 404 g/mol. The van der Waals surface area contributed by atoms with Crippen LogP contribution in [0.15, 0.2) is 22.7 Å². The molecule has 4 nitrogen and oxygen atoms in total. The molecule has 0 radical (unpaired) electrons. The molecule has 24 heavy (non-hydrogen) atoms. The molecule has 1 heterocycles. The fourth-order valence-corrected chi connectivity index (χ4v) is 2.74. The lowest BCUT2D eigenvalue weighted by Gasteiger charge is -2.10. The van der Waals surface area contributed by atoms with Crippen LogP contribution in [0.5, 0.6) is 0 Å². The van der Waals surface area contributed by atoms with Gasteiger partial charge in [0.15, 0.2) is 5.69 Å². The Morgan fingerprint density at radius 3 is 2.54 bits per heavy atom. The van der Waals surface area contributed by atoms with E-state index in [1.54, 1.807) is 6.07 Å². The molecule has 0 unspecified atom stereocenters. The third-order valence-corrected chi connectivity index (χ3v) is 4.78. The number of nitrogens with one attached hydrogen (secondary N) is 1. The minimum absolute atomic E-state index is 0.0274. The van der Waals surface area contributed by atoms with Crippen molar-refractivity contribution < 1.29 is 18.0 Å². The number of alkyl halides is 3. The van der Waals surface area contributed by atoms with Crippen molar-refractivity contribution in [2.24, 2.45) is 0 Å². The number of hydrogen-bond acceptors (Lipinski definition) is 2. The minimum atomic E-state index is -4.53. The van der Waals surface area contributed by atoms with E-state index >= 15 is 0 Å². The second kappa shape index (κ2) is 6.96. The highest BCUT2D eigenvalue weighted by atomic mass is 79.9. The molecule has 2 aromatic rings. The predicted octanol–water partition coefficient (Wildman–Crippen LogP) is 4.62. The highest BCUT2D eigenvalue weighted by Gasteiger charge is 2.37. The molecular formula is C16H17BrF3N3O. The first-order valence-electron chi connectivity index (χ1n) is 7.27. The van der Waals surface area contributed by atoms with Gasteiger partial charge in [0, 0.05) is 12.1 Å². The first-order chi connectivity index (χ1) is 11.1. The fourth-order valence-electron chi connectivity index (χ4n) is 2.23. The van der Waals surface area contributed by atoms with Gasteiger partial charge in [-0.05, 0) is 53.9 Å². The second-order valence-corrected chi connectivity index (χ2v) is 6.31. The summed E-state index contributed by atoms with van der Waals surface area (Å²) in [6.45, 7) is 5.43. The van der Waals surface area contributed by atoms with Crippen molar-refractivity contribution in [1.29, 1.82) is 0 Å². The summed E-state index contributed by atoms with van der Waals surface area (Å²) in [5.74, 6) is -0.275. The molecule has 0 saturated carbocycles. The molecule has 0 bridgehead atoms. The van der Waals surface area contributed by atoms with Crippen LogP contribution in [-0.4, -0.2) is 15.7 Å². The number of benzene rings is 1. The Morgan fingerprint density at radius 1 is 1.29 bits per heavy atom. The number of amides is 1. The normalized spacial score (nSPS) is 11.6. The number of hydrogen-bond donors (Lipinski definition) is 1. The van der Waals surface area contributed by atoms with Crippen LogP contribution >= 0.6 is 15.9 Å². The second-order valence-electron chi connectivity index (χ2n) is 5.51. The molecule has 1 aromatic carbocycles. The van der Waals surface area contributed by atoms with E-state index in [-0.39, 0.29) is 23.3 Å². The summed E-state index contributed by atoms with van der Waals surface area (Å²) < 4.78 is 39.6. The average Bonchev–Trinajstić information content (AvgIpc) is 2.78. The van der Waals surface area contributed by atoms with E-state index in [4.69, 9.17) is 0 Å². The quantitative estimate of drug-likeness (QED) is 0.809. The SMILES string of the molecule is Cc1cccc(NC(=O)CCn2nc(C(F)(F)F)c(Br)c2C)c1C. The van der Waals surface area contributed by atoms with Gasteiger partial charge in [0.25, 0.3) is 0 Å². The van der Waals surface area contributed by atoms with E-state index in [1.807, 2.05) is 26.0 Å². The lowest BCUT2D eigenvalue weighted by atomic mass is 10.1. The Balaban J connectivity index is 2.06. The Hall–Kier alpha value is -1.83. The zero-order valence-corrected chi connectivity index (χ0v) is 15.0. The van der Waals surface area contributed by atoms with Gasteiger partial charge in [-0.1, -0.05) is 12.1 Å². The first kappa shape index (κ1) is 18.5. The number of nitrogens with zero attached hydrogens (tertiary/aromatic N) is 2. The summed E-state index contributed by atoms with van der Waals surface area (Å²) in [5, 5.41) is 6.33. The maximum Gasteiger partial charge on any atom is 0.436 e. The number of carbonyl (C=O) groups is 1. The third-order valence-electron chi connectivity index (χ3n) is 3.83. The van der Waals surface area contributed by atoms with Crippen molar-refractivity contribution in [2.75, 3.05) is 5.32 Å². The number of aromatic nitrogens is 2. The van der Waals surface area contributed by atoms with Crippen LogP contribution in [0.1, 0.15) is 28.9 Å². The number of carbonyl (C=O) groups excluding carboxylic acids is 1. The van der Waals surface area contributed by atoms with Gasteiger partial charge >= 0.3 is 6.18 Å². The largest absolute Gasteiger partial charge is 0.436 e. The molecule has 0 aliphatic heterocycles. The molecule has 1 N–H and O–H groups in total. The van der Waals surface area contributed by atoms with Crippen molar-refractivity contribution in [3.05, 3.63) is 45.2 Å². The number of rotatable bonds is 4. The lowest BCUT2D eigenvalue weighted by molar-refractivity contribution is -0.142. The van der Waals surface area contributed by atoms with Gasteiger partial charge in [-0.15, -0.1) is 0 Å². The molecule has 2 rings (SSSR count). The molecule has 0 aliphatic carbocycles. The summed E-state index contributed by atoms with van der Waals surface area (Å²) in [6, 6.07) is 5.56. The van der Waals surface area contributed by atoms with Gasteiger partial charge in [-0.2, -0.15) is 18.3 Å². The Bertz CT molecular complexity index is 769. The van der Waals surface area contributed by atoms with Crippen molar-refractivity contribution in [1.82, 2.24) is 9.78 Å². The molecule has 8 heteroatoms. The number of aryl methyl sites for hydroxylation is 2. The molecular weight excluding hydrogens is 387 g/mol. The van der Waals surface area contributed by atoms with Gasteiger partial charge in [0.05, 0.1) is 16.7 Å². The van der Waals surface area contributed by atoms with E-state index in [1.165, 1.54) is 11.6 Å². The maximum absolute atomic E-state index is 12.8. The zero-order chi connectivity index (χ0) is 18.1. The summed E-state index contributed by atoms with van der Waals surface area (Å²) in [6.07, 6.45) is -4.50. The van der Waals surface area contributed by atoms with E-state index in [0.29, 0.717) is 11.4 Å². The van der Waals surface area contributed by atoms with Crippen molar-refractivity contribution in [3.63, 3.8) is 0 Å². The summed E-state index contributed by atoms with van der Waals surface area (Å²) in [5.41, 5.74) is 2.07. The van der Waals surface area contributed by atoms with Gasteiger partial charge in [0.1, 0.15) is 0 Å². The minimum Gasteiger partial charge on any atom is -0.326 e. The van der Waals surface area contributed by atoms with Gasteiger partial charge < -0.3 is 5.32 Å². The zero-order valence-electron chi connectivity index (χ0n) is 13.5. The number of anilines is 1. The Kier molecular flexibility index (Phi) is 5.37. The monoisotopic (exact) mass is 403 g/mol. The van der Waals surface area contributed by atoms with E-state index in [0.717, 1.165) is 11.1 Å². The van der Waals surface area contributed by atoms with Gasteiger partial charge in [-0.25, -0.2) is 0 Å². The fraction of sp³-hybridized carbons (Fsp3) is 0.375. The molecule has 1 amide bonds. The maximum atomic E-state index is 12.8. The molecule has 0 aliphatic rings. The van der Waals surface area contributed by atoms with Crippen molar-refractivity contribution in [2.45, 2.75) is 39.9 Å². The molecule has 130 valence electrons. The molecule has 0 fully saturated rings. The van der Waals surface area contributed by atoms with Crippen LogP contribution in [-0.2, 0) is 17.5 Å². The van der Waals surface area contributed by atoms with Crippen LogP contribution in [0.4, 0.5) is 18.9 Å². The standard InChI is InChI=1S/C16H17BrF3N3O/c1-9-5-4-6-12(10(9)2)21-13(24)7-8-23-11(3)14(17)15(22-23)16(18,19)20/h4-6H,7-8H2,1-3H3,(H,21,24). The van der Waals surface area contributed by atoms with Crippen LogP contribution in [0, 0.1) is 20.8 Å². The summed E-state index contributed by atoms with van der Waals surface area (Å²) >= 11 is 2.91. The van der Waals surface area contributed by atoms with Gasteiger partial charge in [0.2, 0.25) is 5.91 Å². The highest BCUT2D eigenvalue weighted by Crippen LogP contribution is 2.35. The third kappa shape index (κ3) is 3.98. The van der Waals surface area contributed by atoms with E-state index < -0.39 is 11.9 Å². The lowest BCUT2D eigenvalue weighted by Crippen LogP contribution is -2.17. The smallest absolute Gasteiger partial charge is 0.326 e. The van der Waals surface area contributed by atoms with E-state index in [2.05, 4.69) is 26.3 Å². The topological polar surface area (TPSA) is 46.9 Å². The summed E-state index contributed by atoms with van der Waals surface area (Å²) in [4.78, 5) is 12.1. The Labute approximate surface area is 146 Å². The van der Waals surface area contributed by atoms with Crippen LogP contribution in [0.2, 0.25) is 0 Å². The van der Waals surface area contributed by atoms with Crippen molar-refractivity contribution >= 4 is 27.5 Å². The first-order valence-corrected chi connectivity index (χ1v) is 8.06. The molecule has 0 saturated heterocycles. The van der Waals surface area contributed by atoms with Crippen LogP contribution in [0.3, 0.4) is 0 Å². The van der Waals surface area contributed by atoms with Crippen LogP contribution < -0.4 is 5.32 Å². The van der Waals surface area contributed by atoms with Gasteiger partial charge in [-0.3, -0.25) is 9.48 Å². The highest BCUT2D eigenvalue weighted by molar-refractivity contribution is 9.10. The van der Waals surface area contributed by atoms with E-state index in [9.17, 15) is 18.0 Å². The van der Waals surface area contributed by atoms with Crippen molar-refractivity contribution in [3.8, 4) is 0 Å². The Morgan fingerprint density at radius 2 is 1.96 bits per heavy atom. The van der Waals surface area contributed by atoms with Crippen LogP contribution in [0.25, 0.3) is 0 Å². The molecule has 0 spiro atoms. The molecule has 0 atom stereocenters. The number of halogens is 4.